The van der Waals surface area contributed by atoms with E-state index in [2.05, 4.69) is 15.0 Å². The highest BCUT2D eigenvalue weighted by Crippen LogP contribution is 2.19. The molecule has 102 valence electrons. The summed E-state index contributed by atoms with van der Waals surface area (Å²) in [6, 6.07) is 0. The van der Waals surface area contributed by atoms with Gasteiger partial charge in [-0.15, -0.1) is 11.8 Å². The molecule has 1 aromatic rings. The number of nitrogens with zero attached hydrogens (tertiary/aromatic N) is 2. The van der Waals surface area contributed by atoms with Crippen LogP contribution < -0.4 is 5.32 Å². The summed E-state index contributed by atoms with van der Waals surface area (Å²) in [5, 5.41) is 2.86. The molecule has 1 N–H and O–H groups in total. The van der Waals surface area contributed by atoms with Gasteiger partial charge in [0.2, 0.25) is 11.8 Å². The van der Waals surface area contributed by atoms with Crippen LogP contribution in [0.1, 0.15) is 9.67 Å². The van der Waals surface area contributed by atoms with E-state index in [1.54, 1.807) is 0 Å². The first kappa shape index (κ1) is 13.8. The monoisotopic (exact) mass is 301 g/mol. The number of rotatable bonds is 4. The molecule has 0 radical (unpaired) electrons. The van der Waals surface area contributed by atoms with Crippen molar-refractivity contribution >= 4 is 46.0 Å². The minimum absolute atomic E-state index is 0.00102. The number of thioether (sulfide) groups is 1. The summed E-state index contributed by atoms with van der Waals surface area (Å²) in [6.45, 7) is -0.00102. The Kier molecular flexibility index (Phi) is 4.38. The highest BCUT2D eigenvalue weighted by atomic mass is 32.2. The van der Waals surface area contributed by atoms with E-state index < -0.39 is 5.97 Å². The maximum atomic E-state index is 11.7. The smallest absolute Gasteiger partial charge is 0.349 e. The number of thiazole rings is 1. The standard InChI is InChI=1S/C10H11N3O4S2/c1-17-9(16)6-2-11-10(19-6)12-7(14)3-13-5-18-4-8(13)15/h2H,3-5H2,1H3,(H,11,12,14). The minimum Gasteiger partial charge on any atom is -0.465 e. The Labute approximate surface area is 117 Å². The van der Waals surface area contributed by atoms with Gasteiger partial charge in [0.1, 0.15) is 11.4 Å². The van der Waals surface area contributed by atoms with Crippen molar-refractivity contribution in [3.8, 4) is 0 Å². The van der Waals surface area contributed by atoms with Gasteiger partial charge in [0.25, 0.3) is 0 Å². The molecule has 0 atom stereocenters. The molecule has 1 aromatic heterocycles. The molecule has 0 spiro atoms. The van der Waals surface area contributed by atoms with E-state index in [0.29, 0.717) is 21.6 Å². The van der Waals surface area contributed by atoms with Gasteiger partial charge in [0, 0.05) is 0 Å². The number of hydrogen-bond donors (Lipinski definition) is 1. The second-order valence-corrected chi connectivity index (χ2v) is 5.62. The van der Waals surface area contributed by atoms with Crippen molar-refractivity contribution in [1.82, 2.24) is 9.88 Å². The summed E-state index contributed by atoms with van der Waals surface area (Å²) in [5.41, 5.74) is 0. The van der Waals surface area contributed by atoms with Crippen molar-refractivity contribution in [2.24, 2.45) is 0 Å². The third kappa shape index (κ3) is 3.44. The third-order valence-corrected chi connectivity index (χ3v) is 4.14. The van der Waals surface area contributed by atoms with Crippen molar-refractivity contribution in [1.29, 1.82) is 0 Å². The van der Waals surface area contributed by atoms with Gasteiger partial charge in [0.05, 0.1) is 24.9 Å². The van der Waals surface area contributed by atoms with Crippen LogP contribution in [0.15, 0.2) is 6.20 Å². The molecule has 1 aliphatic heterocycles. The van der Waals surface area contributed by atoms with E-state index in [0.717, 1.165) is 11.3 Å². The summed E-state index contributed by atoms with van der Waals surface area (Å²) in [6.07, 6.45) is 1.34. The van der Waals surface area contributed by atoms with Crippen LogP contribution in [0.5, 0.6) is 0 Å². The second-order valence-electron chi connectivity index (χ2n) is 3.64. The Morgan fingerprint density at radius 1 is 1.58 bits per heavy atom. The van der Waals surface area contributed by atoms with Crippen LogP contribution in [0.2, 0.25) is 0 Å². The number of methoxy groups -OCH3 is 1. The molecule has 2 amide bonds. The molecule has 0 saturated carbocycles. The number of esters is 1. The largest absolute Gasteiger partial charge is 0.465 e. The Morgan fingerprint density at radius 2 is 2.37 bits per heavy atom. The first-order valence-corrected chi connectivity index (χ1v) is 7.27. The molecule has 9 heteroatoms. The summed E-state index contributed by atoms with van der Waals surface area (Å²) >= 11 is 2.50. The lowest BCUT2D eigenvalue weighted by atomic mass is 10.5. The number of anilines is 1. The fourth-order valence-electron chi connectivity index (χ4n) is 1.40. The molecule has 7 nitrogen and oxygen atoms in total. The third-order valence-electron chi connectivity index (χ3n) is 2.30. The lowest BCUT2D eigenvalue weighted by Crippen LogP contribution is -2.34. The lowest BCUT2D eigenvalue weighted by Gasteiger charge is -2.12. The van der Waals surface area contributed by atoms with Gasteiger partial charge in [-0.1, -0.05) is 11.3 Å². The molecule has 2 heterocycles. The molecule has 0 aromatic carbocycles. The molecule has 0 bridgehead atoms. The van der Waals surface area contributed by atoms with Crippen molar-refractivity contribution < 1.29 is 19.1 Å². The maximum Gasteiger partial charge on any atom is 0.349 e. The number of aromatic nitrogens is 1. The van der Waals surface area contributed by atoms with E-state index in [1.807, 2.05) is 0 Å². The second kappa shape index (κ2) is 6.02. The average molecular weight is 301 g/mol. The molecular weight excluding hydrogens is 290 g/mol. The fraction of sp³-hybridized carbons (Fsp3) is 0.400. The quantitative estimate of drug-likeness (QED) is 0.810. The van der Waals surface area contributed by atoms with Gasteiger partial charge in [-0.05, 0) is 0 Å². The zero-order valence-electron chi connectivity index (χ0n) is 10.0. The summed E-state index contributed by atoms with van der Waals surface area (Å²) in [5.74, 6) is 0.0643. The number of hydrogen-bond acceptors (Lipinski definition) is 7. The van der Waals surface area contributed by atoms with Gasteiger partial charge in [-0.3, -0.25) is 9.59 Å². The predicted molar refractivity (Wildman–Crippen MR) is 71.1 cm³/mol. The Morgan fingerprint density at radius 3 is 3.00 bits per heavy atom. The van der Waals surface area contributed by atoms with Crippen molar-refractivity contribution in [2.75, 3.05) is 30.6 Å². The lowest BCUT2D eigenvalue weighted by molar-refractivity contribution is -0.130. The van der Waals surface area contributed by atoms with Crippen LogP contribution in [0, 0.1) is 0 Å². The van der Waals surface area contributed by atoms with Gasteiger partial charge in [-0.2, -0.15) is 0 Å². The summed E-state index contributed by atoms with van der Waals surface area (Å²) < 4.78 is 4.54. The van der Waals surface area contributed by atoms with Crippen LogP contribution in [-0.2, 0) is 14.3 Å². The van der Waals surface area contributed by atoms with Gasteiger partial charge < -0.3 is 15.0 Å². The van der Waals surface area contributed by atoms with E-state index in [1.165, 1.54) is 30.0 Å². The van der Waals surface area contributed by atoms with Gasteiger partial charge >= 0.3 is 5.97 Å². The zero-order valence-corrected chi connectivity index (χ0v) is 11.7. The Bertz CT molecular complexity index is 517. The molecule has 0 aliphatic carbocycles. The van der Waals surface area contributed by atoms with E-state index in [4.69, 9.17) is 0 Å². The molecule has 0 unspecified atom stereocenters. The SMILES string of the molecule is COC(=O)c1cnc(NC(=O)CN2CSCC2=O)s1. The highest BCUT2D eigenvalue weighted by molar-refractivity contribution is 8.00. The molecule has 1 fully saturated rings. The molecule has 2 rings (SSSR count). The van der Waals surface area contributed by atoms with Gasteiger partial charge in [0.15, 0.2) is 5.13 Å². The van der Waals surface area contributed by atoms with E-state index in [9.17, 15) is 14.4 Å². The number of nitrogens with one attached hydrogen (secondary N) is 1. The van der Waals surface area contributed by atoms with E-state index in [-0.39, 0.29) is 18.4 Å². The normalized spacial score (nSPS) is 14.6. The summed E-state index contributed by atoms with van der Waals surface area (Å²) in [4.78, 5) is 39.9. The zero-order chi connectivity index (χ0) is 13.8. The van der Waals surface area contributed by atoms with Gasteiger partial charge in [-0.25, -0.2) is 9.78 Å². The van der Waals surface area contributed by atoms with Crippen molar-refractivity contribution in [3.05, 3.63) is 11.1 Å². The van der Waals surface area contributed by atoms with Crippen LogP contribution in [0.25, 0.3) is 0 Å². The predicted octanol–water partition coefficient (Wildman–Crippen LogP) is 0.401. The highest BCUT2D eigenvalue weighted by Gasteiger charge is 2.23. The summed E-state index contributed by atoms with van der Waals surface area (Å²) in [7, 11) is 1.27. The van der Waals surface area contributed by atoms with Crippen LogP contribution in [0.3, 0.4) is 0 Å². The number of carbonyl (C=O) groups excluding carboxylic acids is 3. The molecular formula is C10H11N3O4S2. The van der Waals surface area contributed by atoms with Crippen LogP contribution in [0.4, 0.5) is 5.13 Å². The Hall–Kier alpha value is -1.61. The molecule has 1 saturated heterocycles. The average Bonchev–Trinajstić information content (AvgIpc) is 2.99. The minimum atomic E-state index is -0.496. The number of ether oxygens (including phenoxy) is 1. The Balaban J connectivity index is 1.90. The topological polar surface area (TPSA) is 88.6 Å². The van der Waals surface area contributed by atoms with Crippen molar-refractivity contribution in [2.45, 2.75) is 0 Å². The first-order valence-electron chi connectivity index (χ1n) is 5.29. The molecule has 1 aliphatic rings. The number of carbonyl (C=O) groups is 3. The van der Waals surface area contributed by atoms with Crippen molar-refractivity contribution in [3.63, 3.8) is 0 Å². The number of amides is 2. The van der Waals surface area contributed by atoms with Crippen LogP contribution in [-0.4, -0.2) is 53.0 Å². The fourth-order valence-corrected chi connectivity index (χ4v) is 3.05. The maximum absolute atomic E-state index is 11.7. The molecule has 19 heavy (non-hydrogen) atoms. The van der Waals surface area contributed by atoms with E-state index >= 15 is 0 Å². The first-order chi connectivity index (χ1) is 9.10. The van der Waals surface area contributed by atoms with Crippen LogP contribution >= 0.6 is 23.1 Å².